The Hall–Kier alpha value is -1.06. The van der Waals surface area contributed by atoms with Crippen LogP contribution in [0.2, 0.25) is 0 Å². The Bertz CT molecular complexity index is 423. The Morgan fingerprint density at radius 2 is 1.95 bits per heavy atom. The molecule has 1 aromatic carbocycles. The molecule has 3 heterocycles. The smallest absolute Gasteiger partial charge is 0.119 e. The molecule has 0 saturated carbocycles. The van der Waals surface area contributed by atoms with Gasteiger partial charge < -0.3 is 15.0 Å². The number of aryl methyl sites for hydroxylation is 1. The third kappa shape index (κ3) is 3.33. The van der Waals surface area contributed by atoms with Gasteiger partial charge in [-0.25, -0.2) is 0 Å². The van der Waals surface area contributed by atoms with Crippen molar-refractivity contribution in [2.75, 3.05) is 26.2 Å². The van der Waals surface area contributed by atoms with Gasteiger partial charge in [-0.15, -0.1) is 0 Å². The molecule has 3 saturated heterocycles. The van der Waals surface area contributed by atoms with Crippen LogP contribution in [0.5, 0.6) is 5.75 Å². The molecule has 3 nitrogen and oxygen atoms in total. The average molecular weight is 274 g/mol. The fourth-order valence-corrected chi connectivity index (χ4v) is 3.42. The first-order valence-corrected chi connectivity index (χ1v) is 7.88. The van der Waals surface area contributed by atoms with Crippen LogP contribution >= 0.6 is 0 Å². The van der Waals surface area contributed by atoms with E-state index in [9.17, 15) is 0 Å². The summed E-state index contributed by atoms with van der Waals surface area (Å²) in [6, 6.07) is 9.37. The Morgan fingerprint density at radius 1 is 1.25 bits per heavy atom. The van der Waals surface area contributed by atoms with Gasteiger partial charge >= 0.3 is 0 Å². The number of ether oxygens (including phenoxy) is 1. The van der Waals surface area contributed by atoms with Crippen molar-refractivity contribution in [3.63, 3.8) is 0 Å². The van der Waals surface area contributed by atoms with Crippen LogP contribution in [0.3, 0.4) is 0 Å². The monoisotopic (exact) mass is 274 g/mol. The lowest BCUT2D eigenvalue weighted by Gasteiger charge is -2.46. The molecule has 0 radical (unpaired) electrons. The molecule has 3 aliphatic rings. The summed E-state index contributed by atoms with van der Waals surface area (Å²) in [5.41, 5.74) is 1.27. The zero-order valence-electron chi connectivity index (χ0n) is 12.6. The van der Waals surface area contributed by atoms with E-state index in [0.717, 1.165) is 18.3 Å². The van der Waals surface area contributed by atoms with E-state index in [2.05, 4.69) is 48.3 Å². The molecule has 110 valence electrons. The van der Waals surface area contributed by atoms with Gasteiger partial charge in [-0.05, 0) is 57.8 Å². The van der Waals surface area contributed by atoms with Crippen molar-refractivity contribution in [1.82, 2.24) is 10.2 Å². The van der Waals surface area contributed by atoms with Gasteiger partial charge in [0.05, 0.1) is 0 Å². The van der Waals surface area contributed by atoms with E-state index in [1.165, 1.54) is 38.0 Å². The first-order chi connectivity index (χ1) is 9.70. The van der Waals surface area contributed by atoms with Crippen LogP contribution < -0.4 is 10.1 Å². The Kier molecular flexibility index (Phi) is 4.27. The second kappa shape index (κ2) is 6.15. The van der Waals surface area contributed by atoms with Crippen molar-refractivity contribution in [3.05, 3.63) is 29.8 Å². The molecule has 3 heteroatoms. The number of nitrogens with one attached hydrogen (secondary N) is 1. The lowest BCUT2D eigenvalue weighted by molar-refractivity contribution is 0.0643. The molecule has 2 atom stereocenters. The van der Waals surface area contributed by atoms with E-state index in [1.54, 1.807) is 0 Å². The van der Waals surface area contributed by atoms with Crippen LogP contribution in [0.25, 0.3) is 0 Å². The SMILES string of the molecule is Cc1ccc(OCC(C)NC2CN3CCC2CC3)cc1. The lowest BCUT2D eigenvalue weighted by Crippen LogP contribution is -2.58. The van der Waals surface area contributed by atoms with Crippen LogP contribution in [-0.4, -0.2) is 43.2 Å². The molecule has 1 N–H and O–H groups in total. The molecule has 0 amide bonds. The largest absolute Gasteiger partial charge is 0.492 e. The molecule has 4 rings (SSSR count). The van der Waals surface area contributed by atoms with E-state index in [-0.39, 0.29) is 0 Å². The lowest BCUT2D eigenvalue weighted by atomic mass is 9.84. The van der Waals surface area contributed by atoms with E-state index in [4.69, 9.17) is 4.74 Å². The predicted octanol–water partition coefficient (Wildman–Crippen LogP) is 2.45. The number of hydrogen-bond donors (Lipinski definition) is 1. The minimum Gasteiger partial charge on any atom is -0.492 e. The number of rotatable bonds is 5. The van der Waals surface area contributed by atoms with E-state index in [0.29, 0.717) is 12.1 Å². The minimum absolute atomic E-state index is 0.404. The average Bonchev–Trinajstić information content (AvgIpc) is 2.48. The summed E-state index contributed by atoms with van der Waals surface area (Å²) in [5, 5.41) is 3.77. The first-order valence-electron chi connectivity index (χ1n) is 7.88. The molecule has 3 fully saturated rings. The zero-order valence-corrected chi connectivity index (χ0v) is 12.6. The van der Waals surface area contributed by atoms with Crippen LogP contribution in [0.4, 0.5) is 0 Å². The first kappa shape index (κ1) is 13.9. The highest BCUT2D eigenvalue weighted by molar-refractivity contribution is 5.26. The molecule has 0 aliphatic carbocycles. The summed E-state index contributed by atoms with van der Waals surface area (Å²) in [4.78, 5) is 2.59. The van der Waals surface area contributed by atoms with Crippen molar-refractivity contribution in [2.45, 2.75) is 38.8 Å². The minimum atomic E-state index is 0.404. The van der Waals surface area contributed by atoms with Gasteiger partial charge in [0, 0.05) is 18.6 Å². The van der Waals surface area contributed by atoms with Crippen molar-refractivity contribution in [3.8, 4) is 5.75 Å². The molecule has 2 bridgehead atoms. The van der Waals surface area contributed by atoms with Crippen LogP contribution in [0, 0.1) is 12.8 Å². The number of benzene rings is 1. The number of nitrogens with zero attached hydrogens (tertiary/aromatic N) is 1. The molecule has 3 aliphatic heterocycles. The Balaban J connectivity index is 1.45. The van der Waals surface area contributed by atoms with Crippen LogP contribution in [-0.2, 0) is 0 Å². The van der Waals surface area contributed by atoms with Crippen LogP contribution in [0.1, 0.15) is 25.3 Å². The summed E-state index contributed by atoms with van der Waals surface area (Å²) in [6.07, 6.45) is 2.73. The highest BCUT2D eigenvalue weighted by Gasteiger charge is 2.34. The number of piperidine rings is 3. The maximum atomic E-state index is 5.87. The molecule has 20 heavy (non-hydrogen) atoms. The zero-order chi connectivity index (χ0) is 13.9. The molecule has 0 spiro atoms. The number of fused-ring (bicyclic) bond motifs is 3. The standard InChI is InChI=1S/C17H26N2O/c1-13-3-5-16(6-4-13)20-12-14(2)18-17-11-19-9-7-15(17)8-10-19/h3-6,14-15,17-18H,7-12H2,1-2H3. The molecule has 2 unspecified atom stereocenters. The third-order valence-corrected chi connectivity index (χ3v) is 4.68. The van der Waals surface area contributed by atoms with Crippen molar-refractivity contribution in [2.24, 2.45) is 5.92 Å². The number of hydrogen-bond acceptors (Lipinski definition) is 3. The summed E-state index contributed by atoms with van der Waals surface area (Å²) >= 11 is 0. The van der Waals surface area contributed by atoms with Gasteiger partial charge in [0.1, 0.15) is 12.4 Å². The second-order valence-corrected chi connectivity index (χ2v) is 6.44. The summed E-state index contributed by atoms with van der Waals surface area (Å²) in [6.45, 7) is 8.90. The Morgan fingerprint density at radius 3 is 2.55 bits per heavy atom. The second-order valence-electron chi connectivity index (χ2n) is 6.44. The van der Waals surface area contributed by atoms with Crippen molar-refractivity contribution in [1.29, 1.82) is 0 Å². The van der Waals surface area contributed by atoms with Gasteiger partial charge in [-0.1, -0.05) is 17.7 Å². The fourth-order valence-electron chi connectivity index (χ4n) is 3.42. The molecular weight excluding hydrogens is 248 g/mol. The van der Waals surface area contributed by atoms with E-state index >= 15 is 0 Å². The van der Waals surface area contributed by atoms with Crippen molar-refractivity contribution >= 4 is 0 Å². The maximum Gasteiger partial charge on any atom is 0.119 e. The van der Waals surface area contributed by atoms with E-state index in [1.807, 2.05) is 0 Å². The van der Waals surface area contributed by atoms with Gasteiger partial charge in [-0.3, -0.25) is 0 Å². The normalized spacial score (nSPS) is 30.2. The Labute approximate surface area is 122 Å². The predicted molar refractivity (Wildman–Crippen MR) is 82.2 cm³/mol. The quantitative estimate of drug-likeness (QED) is 0.892. The van der Waals surface area contributed by atoms with Crippen molar-refractivity contribution < 1.29 is 4.74 Å². The van der Waals surface area contributed by atoms with Gasteiger partial charge in [0.2, 0.25) is 0 Å². The van der Waals surface area contributed by atoms with Gasteiger partial charge in [0.15, 0.2) is 0 Å². The third-order valence-electron chi connectivity index (χ3n) is 4.68. The molecule has 0 aromatic heterocycles. The summed E-state index contributed by atoms with van der Waals surface area (Å²) in [7, 11) is 0. The van der Waals surface area contributed by atoms with Crippen LogP contribution in [0.15, 0.2) is 24.3 Å². The van der Waals surface area contributed by atoms with E-state index < -0.39 is 0 Å². The van der Waals surface area contributed by atoms with Gasteiger partial charge in [-0.2, -0.15) is 0 Å². The maximum absolute atomic E-state index is 5.87. The fraction of sp³-hybridized carbons (Fsp3) is 0.647. The topological polar surface area (TPSA) is 24.5 Å². The summed E-state index contributed by atoms with van der Waals surface area (Å²) < 4.78 is 5.87. The highest BCUT2D eigenvalue weighted by atomic mass is 16.5. The highest BCUT2D eigenvalue weighted by Crippen LogP contribution is 2.27. The molecule has 1 aromatic rings. The summed E-state index contributed by atoms with van der Waals surface area (Å²) in [5.74, 6) is 1.85. The van der Waals surface area contributed by atoms with Gasteiger partial charge in [0.25, 0.3) is 0 Å². The molecular formula is C17H26N2O.